The first kappa shape index (κ1) is 14.9. The van der Waals surface area contributed by atoms with E-state index in [0.29, 0.717) is 0 Å². The second-order valence-corrected chi connectivity index (χ2v) is 4.02. The molecule has 0 aliphatic heterocycles. The minimum Gasteiger partial charge on any atom is -0.481 e. The highest BCUT2D eigenvalue weighted by Crippen LogP contribution is 2.24. The molecule has 0 bridgehead atoms. The van der Waals surface area contributed by atoms with Gasteiger partial charge in [0.25, 0.3) is 0 Å². The number of rotatable bonds is 5. The van der Waals surface area contributed by atoms with Gasteiger partial charge in [-0.25, -0.2) is 13.2 Å². The molecule has 0 saturated heterocycles. The Bertz CT molecular complexity index is 525. The predicted molar refractivity (Wildman–Crippen MR) is 64.2 cm³/mol. The van der Waals surface area contributed by atoms with Gasteiger partial charge >= 0.3 is 5.97 Å². The first-order valence-corrected chi connectivity index (χ1v) is 5.43. The summed E-state index contributed by atoms with van der Waals surface area (Å²) in [4.78, 5) is 11.9. The van der Waals surface area contributed by atoms with E-state index in [4.69, 9.17) is 11.5 Å². The number of terminal acetylenes is 1. The van der Waals surface area contributed by atoms with Gasteiger partial charge in [-0.3, -0.25) is 4.79 Å². The van der Waals surface area contributed by atoms with Crippen molar-refractivity contribution in [3.63, 3.8) is 0 Å². The Balaban J connectivity index is 3.10. The van der Waals surface area contributed by atoms with E-state index in [-0.39, 0.29) is 18.8 Å². The van der Waals surface area contributed by atoms with Crippen molar-refractivity contribution in [2.24, 2.45) is 5.92 Å². The Morgan fingerprint density at radius 2 is 2.05 bits per heavy atom. The SMILES string of the molecule is C#CCN(CC(C)C(=O)O)c1ccc(F)c(F)c1F. The molecule has 0 aliphatic rings. The van der Waals surface area contributed by atoms with E-state index < -0.39 is 29.3 Å². The van der Waals surface area contributed by atoms with E-state index in [1.165, 1.54) is 11.8 Å². The molecule has 1 atom stereocenters. The molecule has 1 rings (SSSR count). The Kier molecular flexibility index (Phi) is 4.81. The van der Waals surface area contributed by atoms with Gasteiger partial charge in [0.1, 0.15) is 0 Å². The van der Waals surface area contributed by atoms with Crippen LogP contribution in [0.5, 0.6) is 0 Å². The number of hydrogen-bond donors (Lipinski definition) is 1. The molecule has 0 aromatic heterocycles. The van der Waals surface area contributed by atoms with E-state index in [1.54, 1.807) is 0 Å². The average molecular weight is 271 g/mol. The Labute approximate surface area is 108 Å². The molecule has 102 valence electrons. The molecular formula is C13H12F3NO2. The number of benzene rings is 1. The molecule has 0 amide bonds. The van der Waals surface area contributed by atoms with Gasteiger partial charge in [-0.1, -0.05) is 12.8 Å². The standard InChI is InChI=1S/C13H12F3NO2/c1-3-6-17(7-8(2)13(18)19)10-5-4-9(14)11(15)12(10)16/h1,4-5,8H,6-7H2,2H3,(H,18,19). The van der Waals surface area contributed by atoms with Gasteiger partial charge in [0.2, 0.25) is 0 Å². The summed E-state index contributed by atoms with van der Waals surface area (Å²) in [6.07, 6.45) is 5.11. The second-order valence-electron chi connectivity index (χ2n) is 4.02. The lowest BCUT2D eigenvalue weighted by atomic mass is 10.1. The maximum Gasteiger partial charge on any atom is 0.308 e. The van der Waals surface area contributed by atoms with Crippen LogP contribution >= 0.6 is 0 Å². The summed E-state index contributed by atoms with van der Waals surface area (Å²) >= 11 is 0. The number of nitrogens with zero attached hydrogens (tertiary/aromatic N) is 1. The topological polar surface area (TPSA) is 40.5 Å². The van der Waals surface area contributed by atoms with Crippen LogP contribution in [0.4, 0.5) is 18.9 Å². The molecule has 1 aromatic rings. The quantitative estimate of drug-likeness (QED) is 0.659. The molecule has 0 spiro atoms. The average Bonchev–Trinajstić information content (AvgIpc) is 2.35. The normalized spacial score (nSPS) is 11.7. The molecule has 0 fully saturated rings. The number of carboxylic acids is 1. The summed E-state index contributed by atoms with van der Waals surface area (Å²) in [6.45, 7) is 1.19. The van der Waals surface area contributed by atoms with Crippen molar-refractivity contribution in [1.82, 2.24) is 0 Å². The molecule has 3 nitrogen and oxygen atoms in total. The molecule has 0 heterocycles. The largest absolute Gasteiger partial charge is 0.481 e. The summed E-state index contributed by atoms with van der Waals surface area (Å²) in [5.74, 6) is -4.01. The van der Waals surface area contributed by atoms with E-state index in [1.807, 2.05) is 0 Å². The molecule has 6 heteroatoms. The van der Waals surface area contributed by atoms with Crippen LogP contribution in [0.3, 0.4) is 0 Å². The number of aliphatic carboxylic acids is 1. The van der Waals surface area contributed by atoms with Crippen molar-refractivity contribution in [3.05, 3.63) is 29.6 Å². The fourth-order valence-electron chi connectivity index (χ4n) is 1.53. The fraction of sp³-hybridized carbons (Fsp3) is 0.308. The highest BCUT2D eigenvalue weighted by Gasteiger charge is 2.21. The summed E-state index contributed by atoms with van der Waals surface area (Å²) in [5, 5.41) is 8.81. The van der Waals surface area contributed by atoms with Gasteiger partial charge in [0, 0.05) is 6.54 Å². The Morgan fingerprint density at radius 3 is 2.58 bits per heavy atom. The molecule has 19 heavy (non-hydrogen) atoms. The minimum atomic E-state index is -1.61. The minimum absolute atomic E-state index is 0.110. The van der Waals surface area contributed by atoms with E-state index >= 15 is 0 Å². The van der Waals surface area contributed by atoms with Crippen molar-refractivity contribution >= 4 is 11.7 Å². The van der Waals surface area contributed by atoms with Gasteiger partial charge in [-0.05, 0) is 12.1 Å². The van der Waals surface area contributed by atoms with Crippen molar-refractivity contribution in [3.8, 4) is 12.3 Å². The molecule has 1 unspecified atom stereocenters. The first-order chi connectivity index (χ1) is 8.88. The van der Waals surface area contributed by atoms with E-state index in [0.717, 1.165) is 12.1 Å². The smallest absolute Gasteiger partial charge is 0.308 e. The summed E-state index contributed by atoms with van der Waals surface area (Å²) in [7, 11) is 0. The zero-order valence-corrected chi connectivity index (χ0v) is 10.2. The zero-order valence-electron chi connectivity index (χ0n) is 10.2. The van der Waals surface area contributed by atoms with Gasteiger partial charge in [-0.15, -0.1) is 6.42 Å². The predicted octanol–water partition coefficient (Wildman–Crippen LogP) is 2.26. The van der Waals surface area contributed by atoms with Crippen LogP contribution in [0.1, 0.15) is 6.92 Å². The van der Waals surface area contributed by atoms with E-state index in [2.05, 4.69) is 5.92 Å². The molecule has 0 aliphatic carbocycles. The van der Waals surface area contributed by atoms with Crippen LogP contribution in [0.2, 0.25) is 0 Å². The maximum atomic E-state index is 13.6. The lowest BCUT2D eigenvalue weighted by Crippen LogP contribution is -2.33. The van der Waals surface area contributed by atoms with Crippen molar-refractivity contribution in [2.75, 3.05) is 18.0 Å². The molecular weight excluding hydrogens is 259 g/mol. The molecule has 1 N–H and O–H groups in total. The monoisotopic (exact) mass is 271 g/mol. The maximum absolute atomic E-state index is 13.6. The highest BCUT2D eigenvalue weighted by atomic mass is 19.2. The van der Waals surface area contributed by atoms with Gasteiger partial charge < -0.3 is 10.0 Å². The van der Waals surface area contributed by atoms with E-state index in [9.17, 15) is 18.0 Å². The first-order valence-electron chi connectivity index (χ1n) is 5.43. The number of carbonyl (C=O) groups is 1. The van der Waals surface area contributed by atoms with Crippen molar-refractivity contribution in [1.29, 1.82) is 0 Å². The van der Waals surface area contributed by atoms with Crippen molar-refractivity contribution < 1.29 is 23.1 Å². The third-order valence-corrected chi connectivity index (χ3v) is 2.55. The lowest BCUT2D eigenvalue weighted by Gasteiger charge is -2.25. The third kappa shape index (κ3) is 3.41. The molecule has 0 radical (unpaired) electrons. The van der Waals surface area contributed by atoms with Crippen molar-refractivity contribution in [2.45, 2.75) is 6.92 Å². The summed E-state index contributed by atoms with van der Waals surface area (Å²) in [6, 6.07) is 1.79. The van der Waals surface area contributed by atoms with Crippen LogP contribution in [-0.2, 0) is 4.79 Å². The summed E-state index contributed by atoms with van der Waals surface area (Å²) in [5.41, 5.74) is -0.259. The third-order valence-electron chi connectivity index (χ3n) is 2.55. The van der Waals surface area contributed by atoms with Crippen LogP contribution in [0.15, 0.2) is 12.1 Å². The zero-order chi connectivity index (χ0) is 14.6. The molecule has 0 saturated carbocycles. The second kappa shape index (κ2) is 6.14. The number of carboxylic acid groups (broad SMARTS) is 1. The number of hydrogen-bond acceptors (Lipinski definition) is 2. The Hall–Kier alpha value is -2.16. The van der Waals surface area contributed by atoms with Gasteiger partial charge in [0.15, 0.2) is 17.5 Å². The Morgan fingerprint density at radius 1 is 1.42 bits per heavy atom. The highest BCUT2D eigenvalue weighted by molar-refractivity contribution is 5.70. The van der Waals surface area contributed by atoms with Gasteiger partial charge in [0.05, 0.1) is 18.2 Å². The fourth-order valence-corrected chi connectivity index (χ4v) is 1.53. The van der Waals surface area contributed by atoms with Crippen LogP contribution in [-0.4, -0.2) is 24.2 Å². The lowest BCUT2D eigenvalue weighted by molar-refractivity contribution is -0.140. The van der Waals surface area contributed by atoms with Gasteiger partial charge in [-0.2, -0.15) is 0 Å². The van der Waals surface area contributed by atoms with Crippen LogP contribution in [0, 0.1) is 35.7 Å². The van der Waals surface area contributed by atoms with Crippen LogP contribution in [0.25, 0.3) is 0 Å². The number of anilines is 1. The number of halogens is 3. The van der Waals surface area contributed by atoms with Crippen LogP contribution < -0.4 is 4.90 Å². The molecule has 1 aromatic carbocycles. The summed E-state index contributed by atoms with van der Waals surface area (Å²) < 4.78 is 39.6.